The summed E-state index contributed by atoms with van der Waals surface area (Å²) in [6.45, 7) is 3.71. The first kappa shape index (κ1) is 12.0. The maximum absolute atomic E-state index is 11.0. The van der Waals surface area contributed by atoms with Gasteiger partial charge in [-0.25, -0.2) is 0 Å². The van der Waals surface area contributed by atoms with Gasteiger partial charge in [0.2, 0.25) is 0 Å². The molecule has 0 unspecified atom stereocenters. The number of hydrogen-bond donors (Lipinski definition) is 0. The fraction of sp³-hybridized carbons (Fsp3) is 0.167. The van der Waals surface area contributed by atoms with Crippen molar-refractivity contribution in [3.63, 3.8) is 0 Å². The number of nitrogens with zero attached hydrogens (tertiary/aromatic N) is 2. The first-order valence-corrected chi connectivity index (χ1v) is 5.24. The second-order valence-corrected chi connectivity index (χ2v) is 4.14. The van der Waals surface area contributed by atoms with E-state index in [9.17, 15) is 20.2 Å². The third kappa shape index (κ3) is 1.88. The predicted octanol–water partition coefficient (Wildman–Crippen LogP) is 3.27. The van der Waals surface area contributed by atoms with Gasteiger partial charge in [-0.1, -0.05) is 6.07 Å². The van der Waals surface area contributed by atoms with Gasteiger partial charge in [0.05, 0.1) is 21.3 Å². The minimum Gasteiger partial charge on any atom is -0.258 e. The molecule has 0 N–H and O–H groups in total. The Hall–Kier alpha value is -2.50. The van der Waals surface area contributed by atoms with Crippen molar-refractivity contribution in [1.82, 2.24) is 0 Å². The molecule has 0 aliphatic heterocycles. The normalized spacial score (nSPS) is 10.6. The molecule has 0 aliphatic rings. The molecule has 0 saturated heterocycles. The van der Waals surface area contributed by atoms with Gasteiger partial charge in [0.1, 0.15) is 0 Å². The van der Waals surface area contributed by atoms with Crippen molar-refractivity contribution in [3.8, 4) is 0 Å². The van der Waals surface area contributed by atoms with Crippen molar-refractivity contribution in [2.24, 2.45) is 0 Å². The summed E-state index contributed by atoms with van der Waals surface area (Å²) in [6.07, 6.45) is 0. The highest BCUT2D eigenvalue weighted by Crippen LogP contribution is 2.32. The molecule has 0 atom stereocenters. The van der Waals surface area contributed by atoms with Crippen LogP contribution in [0.3, 0.4) is 0 Å². The average Bonchev–Trinajstić information content (AvgIpc) is 2.29. The highest BCUT2D eigenvalue weighted by Gasteiger charge is 2.19. The number of rotatable bonds is 2. The standard InChI is InChI=1S/C12H10N2O4/c1-7-3-9-5-10(13(15)16)6-12(14(17)18)11(9)4-8(7)2/h3-6H,1-2H3. The average molecular weight is 246 g/mol. The van der Waals surface area contributed by atoms with Gasteiger partial charge in [-0.2, -0.15) is 0 Å². The van der Waals surface area contributed by atoms with E-state index < -0.39 is 9.85 Å². The molecule has 92 valence electrons. The van der Waals surface area contributed by atoms with Crippen LogP contribution >= 0.6 is 0 Å². The Labute approximate surface area is 102 Å². The fourth-order valence-corrected chi connectivity index (χ4v) is 1.86. The zero-order valence-corrected chi connectivity index (χ0v) is 9.84. The van der Waals surface area contributed by atoms with Gasteiger partial charge in [-0.15, -0.1) is 0 Å². The smallest absolute Gasteiger partial charge is 0.258 e. The monoisotopic (exact) mass is 246 g/mol. The molecule has 18 heavy (non-hydrogen) atoms. The molecule has 0 heterocycles. The van der Waals surface area contributed by atoms with Crippen LogP contribution in [0.25, 0.3) is 10.8 Å². The first-order chi connectivity index (χ1) is 8.40. The number of fused-ring (bicyclic) bond motifs is 1. The van der Waals surface area contributed by atoms with Crippen molar-refractivity contribution in [1.29, 1.82) is 0 Å². The summed E-state index contributed by atoms with van der Waals surface area (Å²) in [5.41, 5.74) is 1.36. The summed E-state index contributed by atoms with van der Waals surface area (Å²) in [7, 11) is 0. The number of nitro groups is 2. The zero-order valence-electron chi connectivity index (χ0n) is 9.84. The van der Waals surface area contributed by atoms with E-state index in [1.807, 2.05) is 13.8 Å². The quantitative estimate of drug-likeness (QED) is 0.601. The largest absolute Gasteiger partial charge is 0.284 e. The van der Waals surface area contributed by atoms with Crippen molar-refractivity contribution >= 4 is 22.1 Å². The van der Waals surface area contributed by atoms with E-state index in [-0.39, 0.29) is 11.4 Å². The SMILES string of the molecule is Cc1cc2cc([N+](=O)[O-])cc([N+](=O)[O-])c2cc1C. The molecular weight excluding hydrogens is 236 g/mol. The van der Waals surface area contributed by atoms with Crippen molar-refractivity contribution in [2.75, 3.05) is 0 Å². The second-order valence-electron chi connectivity index (χ2n) is 4.14. The number of benzene rings is 2. The molecule has 0 bridgehead atoms. The number of nitro benzene ring substituents is 2. The van der Waals surface area contributed by atoms with Gasteiger partial charge in [-0.05, 0) is 36.4 Å². The highest BCUT2D eigenvalue weighted by molar-refractivity contribution is 5.94. The molecule has 0 spiro atoms. The summed E-state index contributed by atoms with van der Waals surface area (Å²) in [5.74, 6) is 0. The van der Waals surface area contributed by atoms with Crippen molar-refractivity contribution < 1.29 is 9.85 Å². The molecule has 0 radical (unpaired) electrons. The van der Waals surface area contributed by atoms with Crippen molar-refractivity contribution in [3.05, 3.63) is 55.6 Å². The van der Waals surface area contributed by atoms with E-state index in [1.165, 1.54) is 6.07 Å². The minimum atomic E-state index is -0.623. The van der Waals surface area contributed by atoms with Gasteiger partial charge in [0.25, 0.3) is 11.4 Å². The Balaban J connectivity index is 2.89. The van der Waals surface area contributed by atoms with Crippen LogP contribution in [0.15, 0.2) is 24.3 Å². The summed E-state index contributed by atoms with van der Waals surface area (Å²) in [4.78, 5) is 20.5. The van der Waals surface area contributed by atoms with E-state index in [1.54, 1.807) is 12.1 Å². The molecule has 6 heteroatoms. The van der Waals surface area contributed by atoms with E-state index >= 15 is 0 Å². The molecule has 2 rings (SSSR count). The molecule has 2 aromatic rings. The predicted molar refractivity (Wildman–Crippen MR) is 66.7 cm³/mol. The van der Waals surface area contributed by atoms with Crippen LogP contribution in [0, 0.1) is 34.1 Å². The molecule has 0 aromatic heterocycles. The number of non-ortho nitro benzene ring substituents is 2. The van der Waals surface area contributed by atoms with Gasteiger partial charge in [-0.3, -0.25) is 20.2 Å². The molecule has 0 fully saturated rings. The number of hydrogen-bond acceptors (Lipinski definition) is 4. The van der Waals surface area contributed by atoms with E-state index in [0.717, 1.165) is 17.2 Å². The number of aryl methyl sites for hydroxylation is 2. The third-order valence-electron chi connectivity index (χ3n) is 2.94. The lowest BCUT2D eigenvalue weighted by Crippen LogP contribution is -1.95. The van der Waals surface area contributed by atoms with Gasteiger partial charge in [0, 0.05) is 6.07 Å². The fourth-order valence-electron chi connectivity index (χ4n) is 1.86. The first-order valence-electron chi connectivity index (χ1n) is 5.24. The van der Waals surface area contributed by atoms with Crippen LogP contribution in [0.4, 0.5) is 11.4 Å². The van der Waals surface area contributed by atoms with Gasteiger partial charge >= 0.3 is 0 Å². The molecule has 0 saturated carbocycles. The van der Waals surface area contributed by atoms with E-state index in [4.69, 9.17) is 0 Å². The highest BCUT2D eigenvalue weighted by atomic mass is 16.6. The Bertz CT molecular complexity index is 679. The summed E-state index contributed by atoms with van der Waals surface area (Å²) in [6, 6.07) is 5.77. The molecule has 0 amide bonds. The summed E-state index contributed by atoms with van der Waals surface area (Å²) in [5, 5.41) is 22.7. The molecular formula is C12H10N2O4. The Morgan fingerprint density at radius 2 is 1.50 bits per heavy atom. The van der Waals surface area contributed by atoms with Crippen LogP contribution < -0.4 is 0 Å². The lowest BCUT2D eigenvalue weighted by atomic mass is 10.0. The van der Waals surface area contributed by atoms with Crippen molar-refractivity contribution in [2.45, 2.75) is 13.8 Å². The summed E-state index contributed by atoms with van der Waals surface area (Å²) >= 11 is 0. The van der Waals surface area contributed by atoms with Crippen LogP contribution in [0.5, 0.6) is 0 Å². The minimum absolute atomic E-state index is 0.234. The maximum atomic E-state index is 11.0. The lowest BCUT2D eigenvalue weighted by molar-refractivity contribution is -0.393. The van der Waals surface area contributed by atoms with Crippen LogP contribution in [0.1, 0.15) is 11.1 Å². The topological polar surface area (TPSA) is 86.3 Å². The zero-order chi connectivity index (χ0) is 13.4. The third-order valence-corrected chi connectivity index (χ3v) is 2.94. The summed E-state index contributed by atoms with van der Waals surface area (Å²) < 4.78 is 0. The Morgan fingerprint density at radius 1 is 0.889 bits per heavy atom. The van der Waals surface area contributed by atoms with Crippen LogP contribution in [-0.4, -0.2) is 9.85 Å². The van der Waals surface area contributed by atoms with Gasteiger partial charge < -0.3 is 0 Å². The molecule has 6 nitrogen and oxygen atoms in total. The van der Waals surface area contributed by atoms with Gasteiger partial charge in [0.15, 0.2) is 0 Å². The van der Waals surface area contributed by atoms with E-state index in [0.29, 0.717) is 10.8 Å². The second kappa shape index (κ2) is 4.06. The van der Waals surface area contributed by atoms with E-state index in [2.05, 4.69) is 0 Å². The maximum Gasteiger partial charge on any atom is 0.284 e. The molecule has 0 aliphatic carbocycles. The Kier molecular flexibility index (Phi) is 2.70. The molecule has 2 aromatic carbocycles. The Morgan fingerprint density at radius 3 is 2.06 bits per heavy atom. The lowest BCUT2D eigenvalue weighted by Gasteiger charge is -2.04. The van der Waals surface area contributed by atoms with Crippen LogP contribution in [0.2, 0.25) is 0 Å². The van der Waals surface area contributed by atoms with Crippen LogP contribution in [-0.2, 0) is 0 Å².